The molecule has 0 atom stereocenters. The van der Waals surface area contributed by atoms with Crippen LogP contribution in [0.25, 0.3) is 0 Å². The molecule has 4 heteroatoms. The Bertz CT molecular complexity index is 88.2. The lowest BCUT2D eigenvalue weighted by atomic mass is 10.8. The van der Waals surface area contributed by atoms with Gasteiger partial charge in [-0.25, -0.2) is 9.95 Å². The predicted octanol–water partition coefficient (Wildman–Crippen LogP) is -2.19. The van der Waals surface area contributed by atoms with E-state index in [1.807, 2.05) is 0 Å². The highest BCUT2D eigenvalue weighted by atomic mass is 16.5. The van der Waals surface area contributed by atoms with Crippen molar-refractivity contribution in [2.24, 2.45) is 0 Å². The summed E-state index contributed by atoms with van der Waals surface area (Å²) in [5.41, 5.74) is 0. The molecule has 0 amide bonds. The number of rotatable bonds is 1. The lowest BCUT2D eigenvalue weighted by Gasteiger charge is -1.82. The van der Waals surface area contributed by atoms with Crippen LogP contribution in [0.3, 0.4) is 0 Å². The minimum absolute atomic E-state index is 0.671. The molecule has 7 heavy (non-hydrogen) atoms. The lowest BCUT2D eigenvalue weighted by molar-refractivity contribution is -0.367. The second-order valence-electron chi connectivity index (χ2n) is 0.785. The van der Waals surface area contributed by atoms with Crippen molar-refractivity contribution < 1.29 is 14.7 Å². The van der Waals surface area contributed by atoms with E-state index in [2.05, 4.69) is 4.74 Å². The SMILES string of the molecule is COC(=O)C=[NH+][O-]. The minimum atomic E-state index is -0.671. The molecule has 0 rings (SSSR count). The van der Waals surface area contributed by atoms with Crippen molar-refractivity contribution in [3.63, 3.8) is 0 Å². The summed E-state index contributed by atoms with van der Waals surface area (Å²) in [6.07, 6.45) is 0.681. The van der Waals surface area contributed by atoms with Gasteiger partial charge in [-0.2, -0.15) is 0 Å². The van der Waals surface area contributed by atoms with Crippen LogP contribution in [0.5, 0.6) is 0 Å². The van der Waals surface area contributed by atoms with E-state index in [0.717, 1.165) is 0 Å². The second-order valence-corrected chi connectivity index (χ2v) is 0.785. The molecule has 0 heterocycles. The highest BCUT2D eigenvalue weighted by Gasteiger charge is 1.91. The number of ether oxygens (including phenoxy) is 1. The van der Waals surface area contributed by atoms with Gasteiger partial charge in [-0.05, 0) is 0 Å². The number of hydrogen-bond donors (Lipinski definition) is 1. The number of esters is 1. The van der Waals surface area contributed by atoms with Crippen LogP contribution in [-0.2, 0) is 9.53 Å². The Morgan fingerprint density at radius 3 is 2.71 bits per heavy atom. The number of methoxy groups -OCH3 is 1. The number of nitrogens with one attached hydrogen (secondary N) is 1. The third kappa shape index (κ3) is 2.75. The summed E-state index contributed by atoms with van der Waals surface area (Å²) in [7, 11) is 1.19. The van der Waals surface area contributed by atoms with E-state index in [1.54, 1.807) is 0 Å². The average molecular weight is 103 g/mol. The quantitative estimate of drug-likeness (QED) is 0.177. The first-order chi connectivity index (χ1) is 3.31. The zero-order chi connectivity index (χ0) is 5.70. The largest absolute Gasteiger partial charge is 0.625 e. The van der Waals surface area contributed by atoms with Gasteiger partial charge in [-0.3, -0.25) is 0 Å². The molecular formula is C3H5NO3. The third-order valence-electron chi connectivity index (χ3n) is 0.378. The van der Waals surface area contributed by atoms with Crippen molar-refractivity contribution in [2.75, 3.05) is 7.11 Å². The van der Waals surface area contributed by atoms with Gasteiger partial charge in [-0.15, -0.1) is 0 Å². The van der Waals surface area contributed by atoms with E-state index in [9.17, 15) is 10.0 Å². The molecule has 1 N–H and O–H groups in total. The molecule has 0 aliphatic heterocycles. The fourth-order valence-electron chi connectivity index (χ4n) is 0.107. The van der Waals surface area contributed by atoms with E-state index >= 15 is 0 Å². The van der Waals surface area contributed by atoms with E-state index in [-0.39, 0.29) is 0 Å². The highest BCUT2D eigenvalue weighted by molar-refractivity contribution is 6.20. The standard InChI is InChI=1S/C3H5NO3/c1-7-3(5)2-4-6/h2,4H,1H3. The fraction of sp³-hybridized carbons (Fsp3) is 0.333. The molecule has 0 fully saturated rings. The molecule has 0 spiro atoms. The molecule has 0 aliphatic rings. The summed E-state index contributed by atoms with van der Waals surface area (Å²) in [4.78, 5) is 9.87. The highest BCUT2D eigenvalue weighted by Crippen LogP contribution is 1.56. The van der Waals surface area contributed by atoms with Crippen LogP contribution in [0.1, 0.15) is 0 Å². The molecule has 0 saturated carbocycles. The number of carbonyl (C=O) groups is 1. The Labute approximate surface area is 40.4 Å². The minimum Gasteiger partial charge on any atom is -0.625 e. The first kappa shape index (κ1) is 5.94. The molecule has 0 radical (unpaired) electrons. The van der Waals surface area contributed by atoms with E-state index in [4.69, 9.17) is 0 Å². The maximum absolute atomic E-state index is 9.87. The van der Waals surface area contributed by atoms with Gasteiger partial charge in [0.2, 0.25) is 0 Å². The van der Waals surface area contributed by atoms with Gasteiger partial charge in [0.05, 0.1) is 7.11 Å². The summed E-state index contributed by atoms with van der Waals surface area (Å²) >= 11 is 0. The van der Waals surface area contributed by atoms with Crippen LogP contribution >= 0.6 is 0 Å². The molecule has 0 aliphatic carbocycles. The molecule has 0 aromatic heterocycles. The summed E-state index contributed by atoms with van der Waals surface area (Å²) in [5, 5.41) is 10.6. The van der Waals surface area contributed by atoms with Crippen LogP contribution in [0.4, 0.5) is 0 Å². The van der Waals surface area contributed by atoms with Crippen molar-refractivity contribution in [1.82, 2.24) is 0 Å². The van der Waals surface area contributed by atoms with Crippen molar-refractivity contribution in [3.8, 4) is 0 Å². The van der Waals surface area contributed by atoms with Crippen molar-refractivity contribution in [3.05, 3.63) is 5.21 Å². The molecule has 0 saturated heterocycles. The normalized spacial score (nSPS) is 9.29. The Hall–Kier alpha value is -1.06. The van der Waals surface area contributed by atoms with Crippen molar-refractivity contribution in [2.45, 2.75) is 0 Å². The van der Waals surface area contributed by atoms with Crippen molar-refractivity contribution in [1.29, 1.82) is 0 Å². The molecule has 0 aromatic carbocycles. The summed E-state index contributed by atoms with van der Waals surface area (Å²) in [5.74, 6) is -0.671. The van der Waals surface area contributed by atoms with Crippen LogP contribution in [0, 0.1) is 5.21 Å². The second kappa shape index (κ2) is 3.14. The van der Waals surface area contributed by atoms with Gasteiger partial charge in [0, 0.05) is 0 Å². The molecule has 0 unspecified atom stereocenters. The molecule has 40 valence electrons. The smallest absolute Gasteiger partial charge is 0.396 e. The van der Waals surface area contributed by atoms with E-state index in [0.29, 0.717) is 6.21 Å². The Morgan fingerprint density at radius 2 is 2.57 bits per heavy atom. The first-order valence-electron chi connectivity index (χ1n) is 1.60. The zero-order valence-corrected chi connectivity index (χ0v) is 3.80. The van der Waals surface area contributed by atoms with Gasteiger partial charge in [0.25, 0.3) is 6.21 Å². The first-order valence-corrected chi connectivity index (χ1v) is 1.60. The Morgan fingerprint density at radius 1 is 2.00 bits per heavy atom. The summed E-state index contributed by atoms with van der Waals surface area (Å²) in [6.45, 7) is 0. The fourth-order valence-corrected chi connectivity index (χ4v) is 0.107. The Balaban J connectivity index is 3.37. The lowest BCUT2D eigenvalue weighted by Crippen LogP contribution is -2.62. The number of hydrogen-bond acceptors (Lipinski definition) is 3. The van der Waals surface area contributed by atoms with E-state index < -0.39 is 5.97 Å². The predicted molar refractivity (Wildman–Crippen MR) is 22.4 cm³/mol. The molecule has 4 nitrogen and oxygen atoms in total. The zero-order valence-electron chi connectivity index (χ0n) is 3.80. The summed E-state index contributed by atoms with van der Waals surface area (Å²) in [6, 6.07) is 0. The molecule has 0 bridgehead atoms. The maximum Gasteiger partial charge on any atom is 0.396 e. The van der Waals surface area contributed by atoms with Gasteiger partial charge < -0.3 is 9.94 Å². The van der Waals surface area contributed by atoms with Crippen LogP contribution < -0.4 is 5.16 Å². The van der Waals surface area contributed by atoms with Crippen LogP contribution in [0.15, 0.2) is 0 Å². The molecule has 0 aromatic rings. The Kier molecular flexibility index (Phi) is 2.67. The maximum atomic E-state index is 9.87. The third-order valence-corrected chi connectivity index (χ3v) is 0.378. The molecular weight excluding hydrogens is 98.0 g/mol. The topological polar surface area (TPSA) is 63.3 Å². The van der Waals surface area contributed by atoms with Crippen LogP contribution in [0.2, 0.25) is 0 Å². The van der Waals surface area contributed by atoms with E-state index in [1.165, 1.54) is 12.3 Å². The monoisotopic (exact) mass is 103 g/mol. The van der Waals surface area contributed by atoms with Gasteiger partial charge in [0.15, 0.2) is 0 Å². The van der Waals surface area contributed by atoms with Crippen LogP contribution in [-0.4, -0.2) is 19.3 Å². The van der Waals surface area contributed by atoms with Gasteiger partial charge >= 0.3 is 5.97 Å². The van der Waals surface area contributed by atoms with Gasteiger partial charge in [-0.1, -0.05) is 0 Å². The van der Waals surface area contributed by atoms with Gasteiger partial charge in [0.1, 0.15) is 0 Å². The number of carbonyl (C=O) groups excluding carboxylic acids is 1. The summed E-state index contributed by atoms with van der Waals surface area (Å²) < 4.78 is 4.03. The van der Waals surface area contributed by atoms with Crippen molar-refractivity contribution >= 4 is 12.2 Å². The average Bonchev–Trinajstić information content (AvgIpc) is 1.68.